The third kappa shape index (κ3) is 1.85. The number of rotatable bonds is 1. The van der Waals surface area contributed by atoms with Crippen molar-refractivity contribution in [2.75, 3.05) is 0 Å². The Kier molecular flexibility index (Phi) is 3.11. The van der Waals surface area contributed by atoms with E-state index >= 15 is 0 Å². The molecule has 3 nitrogen and oxygen atoms in total. The number of carboxylic acids is 1. The van der Waals surface area contributed by atoms with Gasteiger partial charge in [-0.15, -0.1) is 0 Å². The van der Waals surface area contributed by atoms with Crippen LogP contribution in [0, 0.1) is 0 Å². The number of aromatic nitrogens is 1. The zero-order chi connectivity index (χ0) is 6.69. The summed E-state index contributed by atoms with van der Waals surface area (Å²) in [6, 6.07) is 2.89. The number of pyridine rings is 1. The predicted octanol–water partition coefficient (Wildman–Crippen LogP) is 1.42. The van der Waals surface area contributed by atoms with E-state index in [1.54, 1.807) is 0 Å². The molecule has 0 fully saturated rings. The van der Waals surface area contributed by atoms with Gasteiger partial charge in [0.25, 0.3) is 0 Å². The van der Waals surface area contributed by atoms with Crippen molar-refractivity contribution >= 4 is 5.97 Å². The molecule has 1 rings (SSSR count). The van der Waals surface area contributed by atoms with Crippen LogP contribution in [0.3, 0.4) is 0 Å². The Morgan fingerprint density at radius 2 is 1.90 bits per heavy atom. The Morgan fingerprint density at radius 1 is 1.40 bits per heavy atom. The summed E-state index contributed by atoms with van der Waals surface area (Å²) in [5.41, 5.74) is 0.269. The maximum atomic E-state index is 10.2. The van der Waals surface area contributed by atoms with E-state index in [2.05, 4.69) is 4.98 Å². The van der Waals surface area contributed by atoms with Crippen LogP contribution >= 0.6 is 0 Å². The van der Waals surface area contributed by atoms with Crippen molar-refractivity contribution in [3.05, 3.63) is 30.1 Å². The van der Waals surface area contributed by atoms with E-state index in [1.807, 2.05) is 0 Å². The van der Waals surface area contributed by atoms with Crippen LogP contribution in [0.5, 0.6) is 0 Å². The molecule has 0 aliphatic rings. The molecule has 0 unspecified atom stereocenters. The standard InChI is InChI=1S/C6H5NO2.CH4/c8-6(9)5-1-3-7-4-2-5;/h1-4H,(H,8,9);1H4. The number of carbonyl (C=O) groups is 1. The second-order valence-electron chi connectivity index (χ2n) is 1.54. The first-order valence-corrected chi connectivity index (χ1v) is 2.44. The summed E-state index contributed by atoms with van der Waals surface area (Å²) in [5, 5.41) is 8.36. The van der Waals surface area contributed by atoms with Gasteiger partial charge in [-0.3, -0.25) is 4.98 Å². The maximum Gasteiger partial charge on any atom is 0.335 e. The molecule has 0 amide bonds. The van der Waals surface area contributed by atoms with Crippen LogP contribution in [0.4, 0.5) is 0 Å². The predicted molar refractivity (Wildman–Crippen MR) is 37.9 cm³/mol. The van der Waals surface area contributed by atoms with Crippen molar-refractivity contribution in [1.82, 2.24) is 4.98 Å². The number of hydrogen-bond acceptors (Lipinski definition) is 2. The van der Waals surface area contributed by atoms with E-state index in [0.717, 1.165) is 0 Å². The number of aromatic carboxylic acids is 1. The van der Waals surface area contributed by atoms with E-state index in [-0.39, 0.29) is 13.0 Å². The fraction of sp³-hybridized carbons (Fsp3) is 0.143. The van der Waals surface area contributed by atoms with Gasteiger partial charge in [-0.2, -0.15) is 0 Å². The molecule has 54 valence electrons. The van der Waals surface area contributed by atoms with Crippen LogP contribution in [0.15, 0.2) is 24.5 Å². The highest BCUT2D eigenvalue weighted by molar-refractivity contribution is 5.87. The molecule has 0 saturated heterocycles. The number of hydrogen-bond donors (Lipinski definition) is 1. The lowest BCUT2D eigenvalue weighted by Crippen LogP contribution is -1.94. The van der Waals surface area contributed by atoms with Crippen molar-refractivity contribution in [3.8, 4) is 0 Å². The molecule has 0 saturated carbocycles. The van der Waals surface area contributed by atoms with Gasteiger partial charge in [-0.05, 0) is 12.1 Å². The molecular formula is C7H9NO2. The van der Waals surface area contributed by atoms with E-state index in [4.69, 9.17) is 5.11 Å². The van der Waals surface area contributed by atoms with Crippen LogP contribution in [0.25, 0.3) is 0 Å². The third-order valence-corrected chi connectivity index (χ3v) is 0.927. The highest BCUT2D eigenvalue weighted by Gasteiger charge is 1.97. The SMILES string of the molecule is C.O=C(O)c1ccncc1. The molecule has 0 bridgehead atoms. The average molecular weight is 139 g/mol. The molecule has 3 heteroatoms. The van der Waals surface area contributed by atoms with Crippen LogP contribution in [0.2, 0.25) is 0 Å². The highest BCUT2D eigenvalue weighted by atomic mass is 16.4. The largest absolute Gasteiger partial charge is 0.478 e. The molecule has 1 aromatic heterocycles. The fourth-order valence-corrected chi connectivity index (χ4v) is 0.494. The van der Waals surface area contributed by atoms with Crippen molar-refractivity contribution in [3.63, 3.8) is 0 Å². The Hall–Kier alpha value is -1.38. The fourth-order valence-electron chi connectivity index (χ4n) is 0.494. The quantitative estimate of drug-likeness (QED) is 0.640. The monoisotopic (exact) mass is 139 g/mol. The minimum absolute atomic E-state index is 0. The van der Waals surface area contributed by atoms with E-state index < -0.39 is 5.97 Å². The molecule has 0 radical (unpaired) electrons. The summed E-state index contributed by atoms with van der Waals surface area (Å²) >= 11 is 0. The van der Waals surface area contributed by atoms with E-state index in [9.17, 15) is 4.79 Å². The maximum absolute atomic E-state index is 10.2. The Bertz CT molecular complexity index is 208. The molecule has 1 aromatic rings. The molecule has 0 spiro atoms. The minimum atomic E-state index is -0.919. The molecule has 0 aliphatic heterocycles. The first kappa shape index (κ1) is 8.62. The first-order chi connectivity index (χ1) is 4.30. The molecule has 0 aliphatic carbocycles. The summed E-state index contributed by atoms with van der Waals surface area (Å²) in [4.78, 5) is 13.8. The second-order valence-corrected chi connectivity index (χ2v) is 1.54. The molecule has 1 heterocycles. The average Bonchev–Trinajstić information content (AvgIpc) is 1.90. The summed E-state index contributed by atoms with van der Waals surface area (Å²) in [7, 11) is 0. The normalized spacial score (nSPS) is 8.00. The molecule has 10 heavy (non-hydrogen) atoms. The highest BCUT2D eigenvalue weighted by Crippen LogP contribution is 1.93. The molecule has 0 atom stereocenters. The second kappa shape index (κ2) is 3.61. The summed E-state index contributed by atoms with van der Waals surface area (Å²) in [6.45, 7) is 0. The van der Waals surface area contributed by atoms with E-state index in [1.165, 1.54) is 24.5 Å². The zero-order valence-corrected chi connectivity index (χ0v) is 4.61. The Morgan fingerprint density at radius 3 is 2.20 bits per heavy atom. The van der Waals surface area contributed by atoms with Gasteiger partial charge in [-0.1, -0.05) is 7.43 Å². The van der Waals surface area contributed by atoms with Crippen molar-refractivity contribution in [2.24, 2.45) is 0 Å². The van der Waals surface area contributed by atoms with Gasteiger partial charge < -0.3 is 5.11 Å². The van der Waals surface area contributed by atoms with Gasteiger partial charge >= 0.3 is 5.97 Å². The minimum Gasteiger partial charge on any atom is -0.478 e. The molecule has 0 aromatic carbocycles. The lowest BCUT2D eigenvalue weighted by atomic mass is 10.3. The summed E-state index contributed by atoms with van der Waals surface area (Å²) in [5.74, 6) is -0.919. The lowest BCUT2D eigenvalue weighted by molar-refractivity contribution is 0.0697. The van der Waals surface area contributed by atoms with Gasteiger partial charge in [0.2, 0.25) is 0 Å². The topological polar surface area (TPSA) is 50.2 Å². The van der Waals surface area contributed by atoms with Crippen molar-refractivity contribution in [1.29, 1.82) is 0 Å². The van der Waals surface area contributed by atoms with Crippen LogP contribution in [0.1, 0.15) is 17.8 Å². The lowest BCUT2D eigenvalue weighted by Gasteiger charge is -1.87. The smallest absolute Gasteiger partial charge is 0.335 e. The number of carboxylic acid groups (broad SMARTS) is 1. The van der Waals surface area contributed by atoms with Crippen LogP contribution < -0.4 is 0 Å². The number of nitrogens with zero attached hydrogens (tertiary/aromatic N) is 1. The van der Waals surface area contributed by atoms with E-state index in [0.29, 0.717) is 0 Å². The van der Waals surface area contributed by atoms with Gasteiger partial charge in [0.05, 0.1) is 5.56 Å². The van der Waals surface area contributed by atoms with Crippen LogP contribution in [-0.4, -0.2) is 16.1 Å². The van der Waals surface area contributed by atoms with Gasteiger partial charge in [0, 0.05) is 12.4 Å². The van der Waals surface area contributed by atoms with Gasteiger partial charge in [0.15, 0.2) is 0 Å². The molecular weight excluding hydrogens is 130 g/mol. The molecule has 1 N–H and O–H groups in total. The summed E-state index contributed by atoms with van der Waals surface area (Å²) in [6.07, 6.45) is 2.90. The van der Waals surface area contributed by atoms with Gasteiger partial charge in [0.1, 0.15) is 0 Å². The Labute approximate surface area is 59.3 Å². The first-order valence-electron chi connectivity index (χ1n) is 2.44. The zero-order valence-electron chi connectivity index (χ0n) is 4.61. The Balaban J connectivity index is 0.000000810. The van der Waals surface area contributed by atoms with Crippen LogP contribution in [-0.2, 0) is 0 Å². The van der Waals surface area contributed by atoms with Crippen molar-refractivity contribution in [2.45, 2.75) is 7.43 Å². The van der Waals surface area contributed by atoms with Gasteiger partial charge in [-0.25, -0.2) is 4.79 Å². The third-order valence-electron chi connectivity index (χ3n) is 0.927. The summed E-state index contributed by atoms with van der Waals surface area (Å²) < 4.78 is 0. The van der Waals surface area contributed by atoms with Crippen molar-refractivity contribution < 1.29 is 9.90 Å².